The molecule has 1 unspecified atom stereocenters. The first-order valence-electron chi connectivity index (χ1n) is 10.2. The van der Waals surface area contributed by atoms with Gasteiger partial charge in [-0.15, -0.1) is 0 Å². The van der Waals surface area contributed by atoms with E-state index >= 15 is 0 Å². The summed E-state index contributed by atoms with van der Waals surface area (Å²) in [6.45, 7) is 4.35. The van der Waals surface area contributed by atoms with E-state index in [1.54, 1.807) is 37.4 Å². The fraction of sp³-hybridized carbons (Fsp3) is 0.250. The van der Waals surface area contributed by atoms with Crippen LogP contribution >= 0.6 is 0 Å². The van der Waals surface area contributed by atoms with Crippen LogP contribution in [-0.4, -0.2) is 53.1 Å². The number of amides is 1. The zero-order valence-corrected chi connectivity index (χ0v) is 17.3. The minimum absolute atomic E-state index is 0.0447. The first kappa shape index (κ1) is 20.4. The largest absolute Gasteiger partial charge is 0.481 e. The lowest BCUT2D eigenvalue weighted by Crippen LogP contribution is -2.52. The zero-order valence-electron chi connectivity index (χ0n) is 17.3. The average Bonchev–Trinajstić information content (AvgIpc) is 2.85. The SMILES string of the molecule is CC(Oc1ccc(C#N)cc1)C(=O)N1CCN(c2ccnc(-c3ccccc3)n2)CC1. The molecule has 1 amide bonds. The van der Waals surface area contributed by atoms with Crippen molar-refractivity contribution in [2.45, 2.75) is 13.0 Å². The molecule has 2 aromatic carbocycles. The van der Waals surface area contributed by atoms with Gasteiger partial charge >= 0.3 is 0 Å². The van der Waals surface area contributed by atoms with Crippen LogP contribution in [0.1, 0.15) is 12.5 Å². The van der Waals surface area contributed by atoms with Gasteiger partial charge in [-0.2, -0.15) is 5.26 Å². The Labute approximate surface area is 181 Å². The summed E-state index contributed by atoms with van der Waals surface area (Å²) in [6, 6.07) is 20.6. The molecule has 1 saturated heterocycles. The summed E-state index contributed by atoms with van der Waals surface area (Å²) in [5.74, 6) is 2.09. The van der Waals surface area contributed by atoms with Crippen LogP contribution in [0.2, 0.25) is 0 Å². The average molecular weight is 413 g/mol. The third-order valence-electron chi connectivity index (χ3n) is 5.23. The molecule has 0 spiro atoms. The number of piperazine rings is 1. The lowest BCUT2D eigenvalue weighted by atomic mass is 10.2. The smallest absolute Gasteiger partial charge is 0.263 e. The Kier molecular flexibility index (Phi) is 6.08. The molecule has 0 bridgehead atoms. The molecule has 1 atom stereocenters. The minimum atomic E-state index is -0.594. The van der Waals surface area contributed by atoms with Crippen LogP contribution < -0.4 is 9.64 Å². The quantitative estimate of drug-likeness (QED) is 0.639. The molecular weight excluding hydrogens is 390 g/mol. The van der Waals surface area contributed by atoms with Crippen molar-refractivity contribution in [3.05, 3.63) is 72.4 Å². The summed E-state index contributed by atoms with van der Waals surface area (Å²) in [6.07, 6.45) is 1.18. The number of carbonyl (C=O) groups is 1. The molecule has 1 aliphatic rings. The highest BCUT2D eigenvalue weighted by Crippen LogP contribution is 2.20. The Bertz CT molecular complexity index is 1070. The van der Waals surface area contributed by atoms with E-state index in [1.165, 1.54) is 0 Å². The molecule has 7 nitrogen and oxygen atoms in total. The van der Waals surface area contributed by atoms with Crippen LogP contribution in [0.15, 0.2) is 66.9 Å². The molecule has 0 saturated carbocycles. The highest BCUT2D eigenvalue weighted by atomic mass is 16.5. The van der Waals surface area contributed by atoms with E-state index in [0.717, 1.165) is 11.4 Å². The van der Waals surface area contributed by atoms with Crippen LogP contribution in [0.5, 0.6) is 5.75 Å². The van der Waals surface area contributed by atoms with Crippen molar-refractivity contribution in [2.24, 2.45) is 0 Å². The Morgan fingerprint density at radius 1 is 1.03 bits per heavy atom. The van der Waals surface area contributed by atoms with Gasteiger partial charge in [0.25, 0.3) is 5.91 Å². The molecule has 1 aromatic heterocycles. The standard InChI is InChI=1S/C24H23N5O2/c1-18(31-21-9-7-19(17-25)8-10-21)24(30)29-15-13-28(14-16-29)22-11-12-26-23(27-22)20-5-3-2-4-6-20/h2-12,18H,13-16H2,1H3. The fourth-order valence-electron chi connectivity index (χ4n) is 3.53. The highest BCUT2D eigenvalue weighted by molar-refractivity contribution is 5.81. The summed E-state index contributed by atoms with van der Waals surface area (Å²) in [5.41, 5.74) is 1.54. The Balaban J connectivity index is 1.35. The maximum absolute atomic E-state index is 12.8. The van der Waals surface area contributed by atoms with Gasteiger partial charge in [0.15, 0.2) is 11.9 Å². The number of rotatable bonds is 5. The van der Waals surface area contributed by atoms with Gasteiger partial charge in [0.2, 0.25) is 0 Å². The molecule has 156 valence electrons. The van der Waals surface area contributed by atoms with Crippen molar-refractivity contribution < 1.29 is 9.53 Å². The Morgan fingerprint density at radius 3 is 2.42 bits per heavy atom. The van der Waals surface area contributed by atoms with Crippen molar-refractivity contribution in [1.82, 2.24) is 14.9 Å². The van der Waals surface area contributed by atoms with Crippen LogP contribution in [-0.2, 0) is 4.79 Å². The molecule has 1 aliphatic heterocycles. The number of carbonyl (C=O) groups excluding carboxylic acids is 1. The summed E-state index contributed by atoms with van der Waals surface area (Å²) in [5, 5.41) is 8.88. The predicted molar refractivity (Wildman–Crippen MR) is 118 cm³/mol. The summed E-state index contributed by atoms with van der Waals surface area (Å²) in [4.78, 5) is 25.9. The number of hydrogen-bond donors (Lipinski definition) is 0. The number of hydrogen-bond acceptors (Lipinski definition) is 6. The third-order valence-corrected chi connectivity index (χ3v) is 5.23. The van der Waals surface area contributed by atoms with E-state index in [2.05, 4.69) is 16.0 Å². The van der Waals surface area contributed by atoms with E-state index in [0.29, 0.717) is 43.3 Å². The van der Waals surface area contributed by atoms with Gasteiger partial charge < -0.3 is 14.5 Å². The van der Waals surface area contributed by atoms with Gasteiger partial charge in [-0.25, -0.2) is 9.97 Å². The molecule has 3 aromatic rings. The van der Waals surface area contributed by atoms with Crippen molar-refractivity contribution in [1.29, 1.82) is 5.26 Å². The molecule has 0 N–H and O–H groups in total. The van der Waals surface area contributed by atoms with E-state index < -0.39 is 6.10 Å². The Morgan fingerprint density at radius 2 is 1.74 bits per heavy atom. The number of benzene rings is 2. The first-order chi connectivity index (χ1) is 15.1. The number of aromatic nitrogens is 2. The summed E-state index contributed by atoms with van der Waals surface area (Å²) >= 11 is 0. The molecule has 0 radical (unpaired) electrons. The molecular formula is C24H23N5O2. The third kappa shape index (κ3) is 4.81. The maximum Gasteiger partial charge on any atom is 0.263 e. The monoisotopic (exact) mass is 413 g/mol. The van der Waals surface area contributed by atoms with Crippen LogP contribution in [0.25, 0.3) is 11.4 Å². The van der Waals surface area contributed by atoms with Crippen molar-refractivity contribution in [3.8, 4) is 23.2 Å². The van der Waals surface area contributed by atoms with Crippen molar-refractivity contribution in [3.63, 3.8) is 0 Å². The molecule has 0 aliphatic carbocycles. The van der Waals surface area contributed by atoms with Crippen molar-refractivity contribution in [2.75, 3.05) is 31.1 Å². The Hall–Kier alpha value is -3.92. The number of anilines is 1. The van der Waals surface area contributed by atoms with E-state index in [-0.39, 0.29) is 5.91 Å². The van der Waals surface area contributed by atoms with Gasteiger partial charge in [-0.05, 0) is 37.3 Å². The maximum atomic E-state index is 12.8. The van der Waals surface area contributed by atoms with E-state index in [4.69, 9.17) is 15.0 Å². The first-order valence-corrected chi connectivity index (χ1v) is 10.2. The molecule has 1 fully saturated rings. The van der Waals surface area contributed by atoms with Gasteiger partial charge in [-0.3, -0.25) is 4.79 Å². The van der Waals surface area contributed by atoms with Gasteiger partial charge in [-0.1, -0.05) is 30.3 Å². The number of nitriles is 1. The van der Waals surface area contributed by atoms with E-state index in [1.807, 2.05) is 41.3 Å². The summed E-state index contributed by atoms with van der Waals surface area (Å²) < 4.78 is 5.77. The molecule has 7 heteroatoms. The van der Waals surface area contributed by atoms with Crippen molar-refractivity contribution >= 4 is 11.7 Å². The molecule has 2 heterocycles. The minimum Gasteiger partial charge on any atom is -0.481 e. The number of ether oxygens (including phenoxy) is 1. The van der Waals surface area contributed by atoms with Crippen LogP contribution in [0.3, 0.4) is 0 Å². The number of nitrogens with zero attached hydrogens (tertiary/aromatic N) is 5. The van der Waals surface area contributed by atoms with Crippen LogP contribution in [0.4, 0.5) is 5.82 Å². The van der Waals surface area contributed by atoms with Crippen LogP contribution in [0, 0.1) is 11.3 Å². The zero-order chi connectivity index (χ0) is 21.6. The van der Waals surface area contributed by atoms with Gasteiger partial charge in [0.05, 0.1) is 11.6 Å². The second kappa shape index (κ2) is 9.26. The highest BCUT2D eigenvalue weighted by Gasteiger charge is 2.26. The molecule has 4 rings (SSSR count). The predicted octanol–water partition coefficient (Wildman–Crippen LogP) is 3.13. The van der Waals surface area contributed by atoms with E-state index in [9.17, 15) is 4.79 Å². The molecule has 31 heavy (non-hydrogen) atoms. The fourth-order valence-corrected chi connectivity index (χ4v) is 3.53. The lowest BCUT2D eigenvalue weighted by Gasteiger charge is -2.36. The topological polar surface area (TPSA) is 82.4 Å². The summed E-state index contributed by atoms with van der Waals surface area (Å²) in [7, 11) is 0. The van der Waals surface area contributed by atoms with Gasteiger partial charge in [0.1, 0.15) is 11.6 Å². The second-order valence-electron chi connectivity index (χ2n) is 7.31. The van der Waals surface area contributed by atoms with Gasteiger partial charge in [0, 0.05) is 37.9 Å². The second-order valence-corrected chi connectivity index (χ2v) is 7.31. The lowest BCUT2D eigenvalue weighted by molar-refractivity contribution is -0.138. The normalized spacial score (nSPS) is 14.6.